The number of rotatable bonds is 4. The van der Waals surface area contributed by atoms with Crippen LogP contribution in [0.25, 0.3) is 0 Å². The van der Waals surface area contributed by atoms with Gasteiger partial charge in [-0.15, -0.1) is 12.4 Å². The van der Waals surface area contributed by atoms with Gasteiger partial charge >= 0.3 is 6.18 Å². The van der Waals surface area contributed by atoms with Crippen molar-refractivity contribution in [2.45, 2.75) is 32.0 Å². The molecule has 0 saturated carbocycles. The number of benzene rings is 1. The molecule has 0 aromatic heterocycles. The molecular formula is C17H23ClF3N3O2. The van der Waals surface area contributed by atoms with Gasteiger partial charge in [0.2, 0.25) is 5.91 Å². The summed E-state index contributed by atoms with van der Waals surface area (Å²) in [5.41, 5.74) is 5.25. The predicted molar refractivity (Wildman–Crippen MR) is 94.1 cm³/mol. The Hall–Kier alpha value is -1.80. The Morgan fingerprint density at radius 1 is 1.08 bits per heavy atom. The fourth-order valence-electron chi connectivity index (χ4n) is 2.78. The highest BCUT2D eigenvalue weighted by Crippen LogP contribution is 2.29. The molecule has 1 aliphatic rings. The number of carbonyl (C=O) groups excluding carboxylic acids is 2. The molecule has 0 spiro atoms. The number of nitrogens with two attached hydrogens (primary N) is 1. The van der Waals surface area contributed by atoms with E-state index in [1.807, 2.05) is 6.92 Å². The Labute approximate surface area is 156 Å². The van der Waals surface area contributed by atoms with Crippen LogP contribution in [0.1, 0.15) is 35.7 Å². The predicted octanol–water partition coefficient (Wildman–Crippen LogP) is 2.54. The summed E-state index contributed by atoms with van der Waals surface area (Å²) in [5, 5.41) is 0. The SMILES string of the molecule is CCCC(N)C(=O)N1CCN(C(=O)c2ccc(C(F)(F)F)cc2)CC1.Cl. The highest BCUT2D eigenvalue weighted by molar-refractivity contribution is 5.94. The quantitative estimate of drug-likeness (QED) is 0.854. The molecule has 1 fully saturated rings. The molecule has 2 N–H and O–H groups in total. The maximum Gasteiger partial charge on any atom is 0.416 e. The van der Waals surface area contributed by atoms with Gasteiger partial charge in [-0.2, -0.15) is 13.2 Å². The lowest BCUT2D eigenvalue weighted by molar-refractivity contribution is -0.137. The first-order chi connectivity index (χ1) is 11.7. The van der Waals surface area contributed by atoms with Gasteiger partial charge in [-0.05, 0) is 30.7 Å². The molecule has 1 saturated heterocycles. The van der Waals surface area contributed by atoms with E-state index in [2.05, 4.69) is 0 Å². The Morgan fingerprint density at radius 3 is 2.04 bits per heavy atom. The summed E-state index contributed by atoms with van der Waals surface area (Å²) in [6.45, 7) is 3.38. The van der Waals surface area contributed by atoms with Crippen LogP contribution in [-0.2, 0) is 11.0 Å². The van der Waals surface area contributed by atoms with Crippen molar-refractivity contribution in [3.05, 3.63) is 35.4 Å². The molecule has 26 heavy (non-hydrogen) atoms. The molecule has 1 heterocycles. The average Bonchev–Trinajstić information content (AvgIpc) is 2.60. The summed E-state index contributed by atoms with van der Waals surface area (Å²) in [6.07, 6.45) is -2.99. The van der Waals surface area contributed by atoms with Gasteiger partial charge in [-0.25, -0.2) is 0 Å². The van der Waals surface area contributed by atoms with E-state index in [0.717, 1.165) is 18.6 Å². The van der Waals surface area contributed by atoms with Crippen molar-refractivity contribution in [3.63, 3.8) is 0 Å². The molecule has 5 nitrogen and oxygen atoms in total. The Bertz CT molecular complexity index is 615. The molecule has 1 atom stereocenters. The first-order valence-corrected chi connectivity index (χ1v) is 8.25. The van der Waals surface area contributed by atoms with Gasteiger partial charge < -0.3 is 15.5 Å². The van der Waals surface area contributed by atoms with Gasteiger partial charge in [0, 0.05) is 31.7 Å². The number of hydrogen-bond acceptors (Lipinski definition) is 3. The fourth-order valence-corrected chi connectivity index (χ4v) is 2.78. The number of carbonyl (C=O) groups is 2. The Balaban J connectivity index is 0.00000338. The third-order valence-electron chi connectivity index (χ3n) is 4.25. The Kier molecular flexibility index (Phi) is 7.89. The summed E-state index contributed by atoms with van der Waals surface area (Å²) in [7, 11) is 0. The van der Waals surface area contributed by atoms with Crippen molar-refractivity contribution in [3.8, 4) is 0 Å². The number of hydrogen-bond donors (Lipinski definition) is 1. The van der Waals surface area contributed by atoms with Crippen LogP contribution in [0.5, 0.6) is 0 Å². The molecule has 1 aliphatic heterocycles. The maximum absolute atomic E-state index is 12.6. The smallest absolute Gasteiger partial charge is 0.338 e. The van der Waals surface area contributed by atoms with Crippen molar-refractivity contribution in [1.29, 1.82) is 0 Å². The van der Waals surface area contributed by atoms with E-state index in [1.54, 1.807) is 4.90 Å². The summed E-state index contributed by atoms with van der Waals surface area (Å²) in [4.78, 5) is 27.7. The molecule has 146 valence electrons. The monoisotopic (exact) mass is 393 g/mol. The summed E-state index contributed by atoms with van der Waals surface area (Å²) >= 11 is 0. The minimum absolute atomic E-state index is 0. The van der Waals surface area contributed by atoms with Gasteiger partial charge in [-0.3, -0.25) is 9.59 Å². The minimum atomic E-state index is -4.43. The van der Waals surface area contributed by atoms with E-state index >= 15 is 0 Å². The van der Waals surface area contributed by atoms with Gasteiger partial charge in [-0.1, -0.05) is 13.3 Å². The third kappa shape index (κ3) is 5.35. The number of piperazine rings is 1. The number of nitrogens with zero attached hydrogens (tertiary/aromatic N) is 2. The highest BCUT2D eigenvalue weighted by Gasteiger charge is 2.31. The van der Waals surface area contributed by atoms with Crippen molar-refractivity contribution >= 4 is 24.2 Å². The van der Waals surface area contributed by atoms with Crippen molar-refractivity contribution in [2.24, 2.45) is 5.73 Å². The van der Waals surface area contributed by atoms with Gasteiger partial charge in [0.05, 0.1) is 11.6 Å². The summed E-state index contributed by atoms with van der Waals surface area (Å²) < 4.78 is 37.7. The van der Waals surface area contributed by atoms with Crippen LogP contribution in [-0.4, -0.2) is 53.8 Å². The van der Waals surface area contributed by atoms with E-state index in [9.17, 15) is 22.8 Å². The first kappa shape index (κ1) is 22.2. The van der Waals surface area contributed by atoms with Crippen LogP contribution in [0.4, 0.5) is 13.2 Å². The standard InChI is InChI=1S/C17H22F3N3O2.ClH/c1-2-3-14(21)16(25)23-10-8-22(9-11-23)15(24)12-4-6-13(7-5-12)17(18,19)20;/h4-7,14H,2-3,8-11,21H2,1H3;1H. The first-order valence-electron chi connectivity index (χ1n) is 8.25. The second-order valence-corrected chi connectivity index (χ2v) is 6.09. The van der Waals surface area contributed by atoms with Crippen LogP contribution >= 0.6 is 12.4 Å². The lowest BCUT2D eigenvalue weighted by Crippen LogP contribution is -2.54. The van der Waals surface area contributed by atoms with Crippen LogP contribution in [0.2, 0.25) is 0 Å². The number of alkyl halides is 3. The zero-order chi connectivity index (χ0) is 18.6. The molecule has 2 rings (SSSR count). The van der Waals surface area contributed by atoms with E-state index < -0.39 is 17.8 Å². The molecule has 1 aromatic carbocycles. The van der Waals surface area contributed by atoms with E-state index in [1.165, 1.54) is 17.0 Å². The molecular weight excluding hydrogens is 371 g/mol. The second-order valence-electron chi connectivity index (χ2n) is 6.09. The third-order valence-corrected chi connectivity index (χ3v) is 4.25. The zero-order valence-electron chi connectivity index (χ0n) is 14.5. The lowest BCUT2D eigenvalue weighted by atomic mass is 10.1. The Morgan fingerprint density at radius 2 is 1.58 bits per heavy atom. The largest absolute Gasteiger partial charge is 0.416 e. The molecule has 0 bridgehead atoms. The minimum Gasteiger partial charge on any atom is -0.338 e. The molecule has 1 unspecified atom stereocenters. The van der Waals surface area contributed by atoms with Crippen molar-refractivity contribution in [1.82, 2.24) is 9.80 Å². The lowest BCUT2D eigenvalue weighted by Gasteiger charge is -2.36. The average molecular weight is 394 g/mol. The van der Waals surface area contributed by atoms with Crippen molar-refractivity contribution < 1.29 is 22.8 Å². The summed E-state index contributed by atoms with van der Waals surface area (Å²) in [5.74, 6) is -0.456. The normalized spacial score (nSPS) is 16.0. The van der Waals surface area contributed by atoms with E-state index in [0.29, 0.717) is 32.6 Å². The van der Waals surface area contributed by atoms with Gasteiger partial charge in [0.15, 0.2) is 0 Å². The van der Waals surface area contributed by atoms with Crippen LogP contribution < -0.4 is 5.73 Å². The number of halogens is 4. The van der Waals surface area contributed by atoms with Gasteiger partial charge in [0.25, 0.3) is 5.91 Å². The maximum atomic E-state index is 12.6. The van der Waals surface area contributed by atoms with Crippen LogP contribution in [0.15, 0.2) is 24.3 Å². The van der Waals surface area contributed by atoms with Gasteiger partial charge in [0.1, 0.15) is 0 Å². The highest BCUT2D eigenvalue weighted by atomic mass is 35.5. The molecule has 0 aliphatic carbocycles. The summed E-state index contributed by atoms with van der Waals surface area (Å²) in [6, 6.07) is 3.63. The van der Waals surface area contributed by atoms with Crippen LogP contribution in [0.3, 0.4) is 0 Å². The zero-order valence-corrected chi connectivity index (χ0v) is 15.3. The molecule has 1 aromatic rings. The van der Waals surface area contributed by atoms with Crippen LogP contribution in [0, 0.1) is 0 Å². The van der Waals surface area contributed by atoms with Crippen molar-refractivity contribution in [2.75, 3.05) is 26.2 Å². The molecule has 9 heteroatoms. The van der Waals surface area contributed by atoms with E-state index in [-0.39, 0.29) is 29.8 Å². The molecule has 2 amide bonds. The fraction of sp³-hybridized carbons (Fsp3) is 0.529. The van der Waals surface area contributed by atoms with E-state index in [4.69, 9.17) is 5.73 Å². The second kappa shape index (κ2) is 9.23. The molecule has 0 radical (unpaired) electrons. The number of amides is 2. The topological polar surface area (TPSA) is 66.6 Å².